The van der Waals surface area contributed by atoms with Gasteiger partial charge in [-0.15, -0.1) is 0 Å². The van der Waals surface area contributed by atoms with E-state index < -0.39 is 11.6 Å². The highest BCUT2D eigenvalue weighted by Gasteiger charge is 2.45. The van der Waals surface area contributed by atoms with Crippen LogP contribution in [0.1, 0.15) is 40.2 Å². The zero-order valence-corrected chi connectivity index (χ0v) is 15.5. The lowest BCUT2D eigenvalue weighted by Crippen LogP contribution is -2.40. The van der Waals surface area contributed by atoms with E-state index in [1.807, 2.05) is 24.3 Å². The fourth-order valence-corrected chi connectivity index (χ4v) is 2.74. The number of para-hydroxylation sites is 1. The monoisotopic (exact) mass is 354 g/mol. The standard InChI is InChI=1S/C19H22N4O3/c1-18(2,3)12-8-6-7-9-13(12)26-16-20-11-10-14(21-16)23-15(24)19(4,5)22-17(23)25/h6-11H,1-5H3,(H,22,25). The number of ether oxygens (including phenoxy) is 1. The van der Waals surface area contributed by atoms with Gasteiger partial charge in [0.15, 0.2) is 5.82 Å². The number of benzene rings is 1. The average Bonchev–Trinajstić information content (AvgIpc) is 2.75. The molecule has 0 atom stereocenters. The summed E-state index contributed by atoms with van der Waals surface area (Å²) in [5.41, 5.74) is -0.0876. The maximum Gasteiger partial charge on any atom is 0.330 e. The first kappa shape index (κ1) is 17.8. The summed E-state index contributed by atoms with van der Waals surface area (Å²) in [5, 5.41) is 2.63. The van der Waals surface area contributed by atoms with Gasteiger partial charge in [-0.3, -0.25) is 4.79 Å². The van der Waals surface area contributed by atoms with Gasteiger partial charge in [0.1, 0.15) is 11.3 Å². The maximum absolute atomic E-state index is 12.4. The number of nitrogens with one attached hydrogen (secondary N) is 1. The lowest BCUT2D eigenvalue weighted by atomic mass is 9.86. The Bertz CT molecular complexity index is 871. The van der Waals surface area contributed by atoms with Crippen LogP contribution < -0.4 is 15.0 Å². The van der Waals surface area contributed by atoms with E-state index >= 15 is 0 Å². The van der Waals surface area contributed by atoms with E-state index in [0.29, 0.717) is 5.75 Å². The van der Waals surface area contributed by atoms with Crippen molar-refractivity contribution in [2.75, 3.05) is 4.90 Å². The van der Waals surface area contributed by atoms with Gasteiger partial charge in [-0.2, -0.15) is 4.98 Å². The number of hydrogen-bond donors (Lipinski definition) is 1. The lowest BCUT2D eigenvalue weighted by molar-refractivity contribution is -0.121. The van der Waals surface area contributed by atoms with E-state index in [0.717, 1.165) is 10.5 Å². The van der Waals surface area contributed by atoms with Crippen molar-refractivity contribution in [3.63, 3.8) is 0 Å². The predicted molar refractivity (Wildman–Crippen MR) is 97.3 cm³/mol. The number of carbonyl (C=O) groups is 2. The highest BCUT2D eigenvalue weighted by molar-refractivity contribution is 6.22. The third-order valence-corrected chi connectivity index (χ3v) is 4.10. The van der Waals surface area contributed by atoms with Crippen molar-refractivity contribution in [1.82, 2.24) is 15.3 Å². The summed E-state index contributed by atoms with van der Waals surface area (Å²) in [6.07, 6.45) is 1.46. The quantitative estimate of drug-likeness (QED) is 0.854. The molecule has 136 valence electrons. The molecule has 0 radical (unpaired) electrons. The minimum Gasteiger partial charge on any atom is -0.424 e. The molecule has 0 bridgehead atoms. The Morgan fingerprint density at radius 1 is 1.12 bits per heavy atom. The van der Waals surface area contributed by atoms with Crippen LogP contribution >= 0.6 is 0 Å². The summed E-state index contributed by atoms with van der Waals surface area (Å²) >= 11 is 0. The third-order valence-electron chi connectivity index (χ3n) is 4.10. The first-order valence-electron chi connectivity index (χ1n) is 8.37. The van der Waals surface area contributed by atoms with Gasteiger partial charge < -0.3 is 10.1 Å². The largest absolute Gasteiger partial charge is 0.424 e. The summed E-state index contributed by atoms with van der Waals surface area (Å²) in [5.74, 6) is 0.438. The van der Waals surface area contributed by atoms with Crippen LogP contribution in [0.2, 0.25) is 0 Å². The van der Waals surface area contributed by atoms with Crippen molar-refractivity contribution in [2.45, 2.75) is 45.6 Å². The van der Waals surface area contributed by atoms with Gasteiger partial charge in [-0.1, -0.05) is 39.0 Å². The Balaban J connectivity index is 1.93. The second-order valence-electron chi connectivity index (χ2n) is 7.74. The summed E-state index contributed by atoms with van der Waals surface area (Å²) in [6.45, 7) is 9.54. The van der Waals surface area contributed by atoms with Crippen molar-refractivity contribution in [2.24, 2.45) is 0 Å². The SMILES string of the molecule is CC1(C)NC(=O)N(c2ccnc(Oc3ccccc3C(C)(C)C)n2)C1=O. The van der Waals surface area contributed by atoms with Crippen LogP contribution in [-0.2, 0) is 10.2 Å². The molecule has 3 amide bonds. The van der Waals surface area contributed by atoms with Crippen molar-refractivity contribution in [3.05, 3.63) is 42.1 Å². The zero-order valence-electron chi connectivity index (χ0n) is 15.5. The molecule has 1 N–H and O–H groups in total. The number of nitrogens with zero attached hydrogens (tertiary/aromatic N) is 3. The van der Waals surface area contributed by atoms with Gasteiger partial charge in [0.2, 0.25) is 0 Å². The molecule has 1 fully saturated rings. The van der Waals surface area contributed by atoms with Gasteiger partial charge in [-0.05, 0) is 25.3 Å². The van der Waals surface area contributed by atoms with Gasteiger partial charge >= 0.3 is 12.0 Å². The van der Waals surface area contributed by atoms with E-state index in [9.17, 15) is 9.59 Å². The van der Waals surface area contributed by atoms with E-state index in [4.69, 9.17) is 4.74 Å². The number of hydrogen-bond acceptors (Lipinski definition) is 5. The topological polar surface area (TPSA) is 84.4 Å². The van der Waals surface area contributed by atoms with Gasteiger partial charge in [-0.25, -0.2) is 14.7 Å². The first-order valence-corrected chi connectivity index (χ1v) is 8.37. The molecule has 1 aromatic carbocycles. The Kier molecular flexibility index (Phi) is 4.18. The van der Waals surface area contributed by atoms with Crippen LogP contribution in [0.4, 0.5) is 10.6 Å². The summed E-state index contributed by atoms with van der Waals surface area (Å²) in [6, 6.07) is 8.70. The highest BCUT2D eigenvalue weighted by atomic mass is 16.5. The number of carbonyl (C=O) groups excluding carboxylic acids is 2. The van der Waals surface area contributed by atoms with Gasteiger partial charge in [0.25, 0.3) is 5.91 Å². The predicted octanol–water partition coefficient (Wildman–Crippen LogP) is 3.40. The summed E-state index contributed by atoms with van der Waals surface area (Å²) in [4.78, 5) is 34.0. The number of aromatic nitrogens is 2. The second kappa shape index (κ2) is 6.09. The zero-order chi connectivity index (χ0) is 19.1. The minimum atomic E-state index is -0.970. The number of imide groups is 1. The minimum absolute atomic E-state index is 0.0736. The molecule has 1 saturated heterocycles. The number of urea groups is 1. The fourth-order valence-electron chi connectivity index (χ4n) is 2.74. The normalized spacial score (nSPS) is 16.6. The van der Waals surface area contributed by atoms with E-state index in [1.54, 1.807) is 13.8 Å². The van der Waals surface area contributed by atoms with Crippen LogP contribution in [0.5, 0.6) is 11.8 Å². The molecule has 1 aliphatic heterocycles. The molecule has 2 aromatic rings. The molecule has 7 nitrogen and oxygen atoms in total. The maximum atomic E-state index is 12.4. The number of rotatable bonds is 3. The van der Waals surface area contributed by atoms with Gasteiger partial charge in [0.05, 0.1) is 0 Å². The molecule has 1 aromatic heterocycles. The first-order chi connectivity index (χ1) is 12.1. The van der Waals surface area contributed by atoms with Crippen LogP contribution in [-0.4, -0.2) is 27.4 Å². The van der Waals surface area contributed by atoms with Gasteiger partial charge in [0, 0.05) is 17.8 Å². The highest BCUT2D eigenvalue weighted by Crippen LogP contribution is 2.33. The van der Waals surface area contributed by atoms with E-state index in [2.05, 4.69) is 36.1 Å². The van der Waals surface area contributed by atoms with Crippen LogP contribution in [0, 0.1) is 0 Å². The molecule has 3 rings (SSSR count). The van der Waals surface area contributed by atoms with Crippen LogP contribution in [0.15, 0.2) is 36.5 Å². The molecular weight excluding hydrogens is 332 g/mol. The fraction of sp³-hybridized carbons (Fsp3) is 0.368. The molecule has 0 spiro atoms. The summed E-state index contributed by atoms with van der Waals surface area (Å²) in [7, 11) is 0. The van der Waals surface area contributed by atoms with Crippen LogP contribution in [0.3, 0.4) is 0 Å². The Hall–Kier alpha value is -2.96. The number of amides is 3. The summed E-state index contributed by atoms with van der Waals surface area (Å²) < 4.78 is 5.87. The van der Waals surface area contributed by atoms with Crippen LogP contribution in [0.25, 0.3) is 0 Å². The number of anilines is 1. The second-order valence-corrected chi connectivity index (χ2v) is 7.74. The third kappa shape index (κ3) is 3.24. The Labute approximate surface area is 152 Å². The molecule has 1 aliphatic rings. The molecule has 0 saturated carbocycles. The molecular formula is C19H22N4O3. The Morgan fingerprint density at radius 2 is 1.81 bits per heavy atom. The van der Waals surface area contributed by atoms with Crippen molar-refractivity contribution in [1.29, 1.82) is 0 Å². The van der Waals surface area contributed by atoms with Crippen molar-refractivity contribution < 1.29 is 14.3 Å². The molecule has 2 heterocycles. The smallest absolute Gasteiger partial charge is 0.330 e. The molecule has 26 heavy (non-hydrogen) atoms. The molecule has 0 unspecified atom stereocenters. The Morgan fingerprint density at radius 3 is 2.42 bits per heavy atom. The molecule has 7 heteroatoms. The average molecular weight is 354 g/mol. The van der Waals surface area contributed by atoms with Crippen molar-refractivity contribution >= 4 is 17.8 Å². The van der Waals surface area contributed by atoms with E-state index in [-0.39, 0.29) is 23.2 Å². The van der Waals surface area contributed by atoms with Crippen molar-refractivity contribution in [3.8, 4) is 11.8 Å². The lowest BCUT2D eigenvalue weighted by Gasteiger charge is -2.22. The van der Waals surface area contributed by atoms with E-state index in [1.165, 1.54) is 12.3 Å². The molecule has 0 aliphatic carbocycles.